The molecule has 0 atom stereocenters. The average molecular weight is 516 g/mol. The molecule has 5 aromatic rings. The van der Waals surface area contributed by atoms with Crippen LogP contribution in [0.15, 0.2) is 121 Å². The SMILES string of the molecule is Cc1ccc(N(c2ccccc2)c2ccc(OCC(C)(c3ccc(O)cc3)c3ccc(O)cc3)cc2)cc1C. The van der Waals surface area contributed by atoms with Gasteiger partial charge in [0.1, 0.15) is 23.9 Å². The van der Waals surface area contributed by atoms with Crippen molar-refractivity contribution < 1.29 is 14.9 Å². The third kappa shape index (κ3) is 5.60. The number of anilines is 3. The van der Waals surface area contributed by atoms with E-state index in [1.54, 1.807) is 24.3 Å². The first-order valence-corrected chi connectivity index (χ1v) is 13.1. The summed E-state index contributed by atoms with van der Waals surface area (Å²) in [7, 11) is 0. The van der Waals surface area contributed by atoms with Gasteiger partial charge in [0.05, 0.1) is 5.41 Å². The average Bonchev–Trinajstić information content (AvgIpc) is 2.96. The van der Waals surface area contributed by atoms with Gasteiger partial charge in [-0.3, -0.25) is 0 Å². The summed E-state index contributed by atoms with van der Waals surface area (Å²) in [4.78, 5) is 2.24. The highest BCUT2D eigenvalue weighted by molar-refractivity contribution is 5.77. The monoisotopic (exact) mass is 515 g/mol. The minimum Gasteiger partial charge on any atom is -0.508 e. The molecule has 0 aliphatic heterocycles. The fraction of sp³-hybridized carbons (Fsp3) is 0.143. The second kappa shape index (κ2) is 11.0. The predicted octanol–water partition coefficient (Wildman–Crippen LogP) is 8.57. The zero-order valence-corrected chi connectivity index (χ0v) is 22.5. The first kappa shape index (κ1) is 25.9. The summed E-state index contributed by atoms with van der Waals surface area (Å²) in [6.45, 7) is 6.75. The Kier molecular flexibility index (Phi) is 7.29. The molecule has 0 aliphatic rings. The van der Waals surface area contributed by atoms with Gasteiger partial charge in [0, 0.05) is 17.1 Å². The fourth-order valence-corrected chi connectivity index (χ4v) is 4.80. The van der Waals surface area contributed by atoms with Crippen LogP contribution in [0.4, 0.5) is 17.1 Å². The molecule has 39 heavy (non-hydrogen) atoms. The van der Waals surface area contributed by atoms with E-state index in [-0.39, 0.29) is 11.5 Å². The zero-order chi connectivity index (χ0) is 27.4. The molecule has 0 bridgehead atoms. The van der Waals surface area contributed by atoms with Crippen molar-refractivity contribution in [1.82, 2.24) is 0 Å². The second-order valence-corrected chi connectivity index (χ2v) is 10.1. The number of rotatable bonds is 8. The first-order valence-electron chi connectivity index (χ1n) is 13.1. The van der Waals surface area contributed by atoms with E-state index in [9.17, 15) is 10.2 Å². The van der Waals surface area contributed by atoms with Crippen LogP contribution in [0.25, 0.3) is 0 Å². The molecule has 5 aromatic carbocycles. The molecule has 0 amide bonds. The molecular formula is C35H33NO3. The van der Waals surface area contributed by atoms with Crippen LogP contribution in [0.3, 0.4) is 0 Å². The number of ether oxygens (including phenoxy) is 1. The van der Waals surface area contributed by atoms with Gasteiger partial charge in [0.15, 0.2) is 0 Å². The number of nitrogens with zero attached hydrogens (tertiary/aromatic N) is 1. The lowest BCUT2D eigenvalue weighted by Gasteiger charge is -2.31. The topological polar surface area (TPSA) is 52.9 Å². The Hall–Kier alpha value is -4.70. The van der Waals surface area contributed by atoms with Gasteiger partial charge < -0.3 is 19.8 Å². The van der Waals surface area contributed by atoms with Gasteiger partial charge in [-0.05, 0) is 116 Å². The maximum atomic E-state index is 9.83. The molecule has 0 radical (unpaired) electrons. The predicted molar refractivity (Wildman–Crippen MR) is 159 cm³/mol. The van der Waals surface area contributed by atoms with Crippen molar-refractivity contribution in [3.63, 3.8) is 0 Å². The number of hydrogen-bond donors (Lipinski definition) is 2. The van der Waals surface area contributed by atoms with Gasteiger partial charge in [-0.2, -0.15) is 0 Å². The molecule has 196 valence electrons. The Morgan fingerprint density at radius 1 is 0.590 bits per heavy atom. The van der Waals surface area contributed by atoms with Crippen LogP contribution in [0.5, 0.6) is 17.2 Å². The summed E-state index contributed by atoms with van der Waals surface area (Å²) in [6, 6.07) is 39.4. The van der Waals surface area contributed by atoms with E-state index in [1.807, 2.05) is 54.6 Å². The minimum atomic E-state index is -0.504. The maximum absolute atomic E-state index is 9.83. The third-order valence-corrected chi connectivity index (χ3v) is 7.39. The van der Waals surface area contributed by atoms with E-state index < -0.39 is 5.41 Å². The van der Waals surface area contributed by atoms with Crippen LogP contribution in [0, 0.1) is 13.8 Å². The van der Waals surface area contributed by atoms with E-state index in [1.165, 1.54) is 11.1 Å². The van der Waals surface area contributed by atoms with Crippen molar-refractivity contribution in [2.75, 3.05) is 11.5 Å². The molecule has 0 unspecified atom stereocenters. The van der Waals surface area contributed by atoms with Gasteiger partial charge >= 0.3 is 0 Å². The lowest BCUT2D eigenvalue weighted by atomic mass is 9.77. The Bertz CT molecular complexity index is 1480. The molecule has 0 aliphatic carbocycles. The van der Waals surface area contributed by atoms with Crippen molar-refractivity contribution in [3.05, 3.63) is 144 Å². The summed E-state index contributed by atoms with van der Waals surface area (Å²) < 4.78 is 6.38. The Balaban J connectivity index is 1.44. The number of aryl methyl sites for hydroxylation is 2. The quantitative estimate of drug-likeness (QED) is 0.217. The van der Waals surface area contributed by atoms with Crippen molar-refractivity contribution >= 4 is 17.1 Å². The molecule has 0 saturated heterocycles. The van der Waals surface area contributed by atoms with Crippen LogP contribution < -0.4 is 9.64 Å². The molecular weight excluding hydrogens is 482 g/mol. The Morgan fingerprint density at radius 2 is 1.10 bits per heavy atom. The highest BCUT2D eigenvalue weighted by Crippen LogP contribution is 2.37. The number of benzene rings is 5. The standard InChI is InChI=1S/C35H33NO3/c1-25-9-14-31(23-26(25)2)36(29-7-5-4-6-8-29)30-15-21-34(22-16-30)39-24-35(3,27-10-17-32(37)18-11-27)28-12-19-33(38)20-13-28/h4-23,37-38H,24H2,1-3H3. The van der Waals surface area contributed by atoms with E-state index in [4.69, 9.17) is 4.74 Å². The van der Waals surface area contributed by atoms with Crippen LogP contribution in [-0.2, 0) is 5.41 Å². The summed E-state index contributed by atoms with van der Waals surface area (Å²) in [6.07, 6.45) is 0. The Labute approximate surface area is 230 Å². The minimum absolute atomic E-state index is 0.218. The van der Waals surface area contributed by atoms with Crippen molar-refractivity contribution in [3.8, 4) is 17.2 Å². The lowest BCUT2D eigenvalue weighted by molar-refractivity contribution is 0.253. The summed E-state index contributed by atoms with van der Waals surface area (Å²) in [5.41, 5.74) is 7.25. The van der Waals surface area contributed by atoms with E-state index in [2.05, 4.69) is 68.1 Å². The van der Waals surface area contributed by atoms with Gasteiger partial charge in [-0.1, -0.05) is 48.5 Å². The van der Waals surface area contributed by atoms with Crippen LogP contribution >= 0.6 is 0 Å². The van der Waals surface area contributed by atoms with Crippen molar-refractivity contribution in [1.29, 1.82) is 0 Å². The first-order chi connectivity index (χ1) is 18.8. The molecule has 0 heterocycles. The molecule has 0 aromatic heterocycles. The van der Waals surface area contributed by atoms with Crippen LogP contribution in [0.2, 0.25) is 0 Å². The van der Waals surface area contributed by atoms with Crippen molar-refractivity contribution in [2.24, 2.45) is 0 Å². The summed E-state index contributed by atoms with van der Waals surface area (Å²) in [5.74, 6) is 1.20. The molecule has 4 nitrogen and oxygen atoms in total. The highest BCUT2D eigenvalue weighted by Gasteiger charge is 2.30. The van der Waals surface area contributed by atoms with Crippen molar-refractivity contribution in [2.45, 2.75) is 26.2 Å². The van der Waals surface area contributed by atoms with Gasteiger partial charge in [-0.15, -0.1) is 0 Å². The smallest absolute Gasteiger partial charge is 0.119 e. The number of para-hydroxylation sites is 1. The lowest BCUT2D eigenvalue weighted by Crippen LogP contribution is -2.31. The zero-order valence-electron chi connectivity index (χ0n) is 22.5. The molecule has 0 saturated carbocycles. The molecule has 5 rings (SSSR count). The fourth-order valence-electron chi connectivity index (χ4n) is 4.80. The summed E-state index contributed by atoms with van der Waals surface area (Å²) >= 11 is 0. The summed E-state index contributed by atoms with van der Waals surface area (Å²) in [5, 5.41) is 19.7. The highest BCUT2D eigenvalue weighted by atomic mass is 16.5. The maximum Gasteiger partial charge on any atom is 0.119 e. The van der Waals surface area contributed by atoms with Gasteiger partial charge in [-0.25, -0.2) is 0 Å². The third-order valence-electron chi connectivity index (χ3n) is 7.39. The molecule has 4 heteroatoms. The molecule has 0 spiro atoms. The number of phenolic OH excluding ortho intramolecular Hbond substituents is 2. The Morgan fingerprint density at radius 3 is 1.64 bits per heavy atom. The normalized spacial score (nSPS) is 11.3. The second-order valence-electron chi connectivity index (χ2n) is 10.1. The van der Waals surface area contributed by atoms with Gasteiger partial charge in [0.25, 0.3) is 0 Å². The van der Waals surface area contributed by atoms with Gasteiger partial charge in [0.2, 0.25) is 0 Å². The van der Waals surface area contributed by atoms with E-state index >= 15 is 0 Å². The van der Waals surface area contributed by atoms with Crippen LogP contribution in [-0.4, -0.2) is 16.8 Å². The molecule has 0 fully saturated rings. The van der Waals surface area contributed by atoms with Crippen LogP contribution in [0.1, 0.15) is 29.2 Å². The molecule has 2 N–H and O–H groups in total. The number of aromatic hydroxyl groups is 2. The van der Waals surface area contributed by atoms with E-state index in [0.717, 1.165) is 33.9 Å². The van der Waals surface area contributed by atoms with E-state index in [0.29, 0.717) is 6.61 Å². The number of hydrogen-bond acceptors (Lipinski definition) is 4. The largest absolute Gasteiger partial charge is 0.508 e. The number of phenols is 2.